The summed E-state index contributed by atoms with van der Waals surface area (Å²) in [5.74, 6) is -0.822. The number of piperidine rings is 1. The number of hydrogen-bond acceptors (Lipinski definition) is 4. The Morgan fingerprint density at radius 1 is 1.42 bits per heavy atom. The number of imide groups is 1. The van der Waals surface area contributed by atoms with Gasteiger partial charge in [0.1, 0.15) is 0 Å². The third-order valence-electron chi connectivity index (χ3n) is 3.43. The number of rotatable bonds is 1. The zero-order valence-electron chi connectivity index (χ0n) is 10.4. The largest absolute Gasteiger partial charge is 0.296 e. The third kappa shape index (κ3) is 2.02. The second-order valence-electron chi connectivity index (χ2n) is 4.71. The number of aryl methyl sites for hydroxylation is 1. The first-order valence-corrected chi connectivity index (χ1v) is 6.50. The summed E-state index contributed by atoms with van der Waals surface area (Å²) >= 11 is 4.31. The minimum absolute atomic E-state index is 0.209. The lowest BCUT2D eigenvalue weighted by Crippen LogP contribution is -2.39. The minimum atomic E-state index is -0.354. The normalized spacial score (nSPS) is 19.8. The van der Waals surface area contributed by atoms with Gasteiger partial charge in [-0.25, -0.2) is 0 Å². The molecular weight excluding hydrogens is 262 g/mol. The average molecular weight is 275 g/mol. The fourth-order valence-electron chi connectivity index (χ4n) is 2.49. The highest BCUT2D eigenvalue weighted by molar-refractivity contribution is 7.80. The molecule has 1 atom stereocenters. The molecule has 6 heteroatoms. The molecule has 2 aromatic rings. The van der Waals surface area contributed by atoms with E-state index in [-0.39, 0.29) is 17.7 Å². The number of carbonyl (C=O) groups is 2. The number of nitrogens with one attached hydrogen (secondary N) is 1. The van der Waals surface area contributed by atoms with Crippen LogP contribution in [0.3, 0.4) is 0 Å². The Morgan fingerprint density at radius 2 is 2.21 bits per heavy atom. The van der Waals surface area contributed by atoms with Crippen molar-refractivity contribution in [1.29, 1.82) is 0 Å². The number of aromatic nitrogens is 2. The van der Waals surface area contributed by atoms with Crippen molar-refractivity contribution in [2.24, 2.45) is 7.05 Å². The van der Waals surface area contributed by atoms with Gasteiger partial charge in [-0.05, 0) is 24.6 Å². The van der Waals surface area contributed by atoms with E-state index in [9.17, 15) is 9.59 Å². The Bertz CT molecular complexity index is 692. The smallest absolute Gasteiger partial charge is 0.235 e. The molecule has 1 N–H and O–H groups in total. The predicted molar refractivity (Wildman–Crippen MR) is 73.1 cm³/mol. The molecule has 98 valence electrons. The van der Waals surface area contributed by atoms with E-state index in [4.69, 9.17) is 0 Å². The third-order valence-corrected chi connectivity index (χ3v) is 3.71. The van der Waals surface area contributed by atoms with Crippen LogP contribution < -0.4 is 5.32 Å². The van der Waals surface area contributed by atoms with Gasteiger partial charge in [0.15, 0.2) is 0 Å². The van der Waals surface area contributed by atoms with E-state index in [0.29, 0.717) is 12.8 Å². The van der Waals surface area contributed by atoms with Crippen molar-refractivity contribution in [1.82, 2.24) is 15.1 Å². The van der Waals surface area contributed by atoms with E-state index in [2.05, 4.69) is 23.0 Å². The molecule has 0 spiro atoms. The summed E-state index contributed by atoms with van der Waals surface area (Å²) in [6.45, 7) is 0. The van der Waals surface area contributed by atoms with Gasteiger partial charge in [-0.15, -0.1) is 12.6 Å². The molecule has 0 aliphatic carbocycles. The Labute approximate surface area is 115 Å². The van der Waals surface area contributed by atoms with Gasteiger partial charge >= 0.3 is 0 Å². The summed E-state index contributed by atoms with van der Waals surface area (Å²) < 4.78 is 1.74. The van der Waals surface area contributed by atoms with Crippen LogP contribution in [0.25, 0.3) is 10.9 Å². The first-order valence-electron chi connectivity index (χ1n) is 6.05. The van der Waals surface area contributed by atoms with Crippen molar-refractivity contribution in [3.63, 3.8) is 0 Å². The highest BCUT2D eigenvalue weighted by atomic mass is 32.1. The quantitative estimate of drug-likeness (QED) is 0.610. The predicted octanol–water partition coefficient (Wildman–Crippen LogP) is 1.38. The van der Waals surface area contributed by atoms with Gasteiger partial charge in [0.25, 0.3) is 0 Å². The zero-order chi connectivity index (χ0) is 13.6. The van der Waals surface area contributed by atoms with Gasteiger partial charge < -0.3 is 0 Å². The van der Waals surface area contributed by atoms with E-state index in [1.54, 1.807) is 4.68 Å². The maximum Gasteiger partial charge on any atom is 0.235 e. The van der Waals surface area contributed by atoms with Crippen molar-refractivity contribution in [2.45, 2.75) is 23.7 Å². The standard InChI is InChI=1S/C13H13N3O2S/c1-16-10-6-7(19)2-3-8(10)12(15-16)9-4-5-11(17)14-13(9)18/h2-3,6,9,19H,4-5H2,1H3,(H,14,17,18). The van der Waals surface area contributed by atoms with Crippen LogP contribution in [0.15, 0.2) is 23.1 Å². The second kappa shape index (κ2) is 4.38. The Balaban J connectivity index is 2.10. The summed E-state index contributed by atoms with van der Waals surface area (Å²) in [5, 5.41) is 7.75. The van der Waals surface area contributed by atoms with E-state index in [1.165, 1.54) is 0 Å². The fraction of sp³-hybridized carbons (Fsp3) is 0.308. The van der Waals surface area contributed by atoms with Crippen LogP contribution in [0, 0.1) is 0 Å². The van der Waals surface area contributed by atoms with Crippen LogP contribution in [0.2, 0.25) is 0 Å². The number of nitrogens with zero attached hydrogens (tertiary/aromatic N) is 2. The van der Waals surface area contributed by atoms with Crippen LogP contribution in [-0.2, 0) is 16.6 Å². The summed E-state index contributed by atoms with van der Waals surface area (Å²) in [6, 6.07) is 5.72. The molecule has 5 nitrogen and oxygen atoms in total. The number of carbonyl (C=O) groups excluding carboxylic acids is 2. The molecular formula is C13H13N3O2S. The Morgan fingerprint density at radius 3 is 2.95 bits per heavy atom. The molecule has 0 bridgehead atoms. The average Bonchev–Trinajstić information content (AvgIpc) is 2.66. The summed E-state index contributed by atoms with van der Waals surface area (Å²) in [7, 11) is 1.84. The molecule has 1 fully saturated rings. The molecule has 19 heavy (non-hydrogen) atoms. The van der Waals surface area contributed by atoms with Crippen LogP contribution in [0.5, 0.6) is 0 Å². The minimum Gasteiger partial charge on any atom is -0.296 e. The molecule has 3 rings (SSSR count). The van der Waals surface area contributed by atoms with Crippen molar-refractivity contribution >= 4 is 35.3 Å². The molecule has 0 radical (unpaired) electrons. The molecule has 1 aliphatic heterocycles. The van der Waals surface area contributed by atoms with Gasteiger partial charge in [0.2, 0.25) is 11.8 Å². The topological polar surface area (TPSA) is 64.0 Å². The lowest BCUT2D eigenvalue weighted by atomic mass is 9.93. The fourth-order valence-corrected chi connectivity index (χ4v) is 2.68. The van der Waals surface area contributed by atoms with Crippen molar-refractivity contribution < 1.29 is 9.59 Å². The highest BCUT2D eigenvalue weighted by Crippen LogP contribution is 2.30. The molecule has 1 aromatic carbocycles. The monoisotopic (exact) mass is 275 g/mol. The van der Waals surface area contributed by atoms with Crippen LogP contribution >= 0.6 is 12.6 Å². The number of amides is 2. The van der Waals surface area contributed by atoms with Gasteiger partial charge in [0, 0.05) is 23.8 Å². The summed E-state index contributed by atoms with van der Waals surface area (Å²) in [6.07, 6.45) is 0.874. The van der Waals surface area contributed by atoms with Crippen LogP contribution in [0.4, 0.5) is 0 Å². The Hall–Kier alpha value is -1.82. The van der Waals surface area contributed by atoms with E-state index >= 15 is 0 Å². The van der Waals surface area contributed by atoms with Gasteiger partial charge in [-0.2, -0.15) is 5.10 Å². The lowest BCUT2D eigenvalue weighted by Gasteiger charge is -2.19. The second-order valence-corrected chi connectivity index (χ2v) is 5.23. The molecule has 2 heterocycles. The first-order chi connectivity index (χ1) is 9.06. The molecule has 2 amide bonds. The van der Waals surface area contributed by atoms with E-state index in [0.717, 1.165) is 21.5 Å². The lowest BCUT2D eigenvalue weighted by molar-refractivity contribution is -0.134. The number of thiol groups is 1. The zero-order valence-corrected chi connectivity index (χ0v) is 11.3. The SMILES string of the molecule is Cn1nc(C2CCC(=O)NC2=O)c2ccc(S)cc21. The van der Waals surface area contributed by atoms with E-state index in [1.807, 2.05) is 25.2 Å². The molecule has 1 saturated heterocycles. The van der Waals surface area contributed by atoms with Crippen LogP contribution in [0.1, 0.15) is 24.5 Å². The summed E-state index contributed by atoms with van der Waals surface area (Å²) in [5.41, 5.74) is 1.67. The maximum absolute atomic E-state index is 11.9. The van der Waals surface area contributed by atoms with Crippen LogP contribution in [-0.4, -0.2) is 21.6 Å². The van der Waals surface area contributed by atoms with Gasteiger partial charge in [0.05, 0.1) is 17.1 Å². The van der Waals surface area contributed by atoms with Crippen molar-refractivity contribution in [3.8, 4) is 0 Å². The molecule has 1 aromatic heterocycles. The maximum atomic E-state index is 11.9. The summed E-state index contributed by atoms with van der Waals surface area (Å²) in [4.78, 5) is 24.0. The van der Waals surface area contributed by atoms with Gasteiger partial charge in [-0.3, -0.25) is 19.6 Å². The highest BCUT2D eigenvalue weighted by Gasteiger charge is 2.31. The molecule has 0 saturated carbocycles. The molecule has 1 aliphatic rings. The van der Waals surface area contributed by atoms with Crippen molar-refractivity contribution in [2.75, 3.05) is 0 Å². The Kier molecular flexibility index (Phi) is 2.82. The van der Waals surface area contributed by atoms with Crippen molar-refractivity contribution in [3.05, 3.63) is 23.9 Å². The first kappa shape index (κ1) is 12.2. The van der Waals surface area contributed by atoms with E-state index < -0.39 is 0 Å². The number of benzene rings is 1. The number of fused-ring (bicyclic) bond motifs is 1. The molecule has 1 unspecified atom stereocenters. The van der Waals surface area contributed by atoms with Gasteiger partial charge in [-0.1, -0.05) is 0 Å². The number of hydrogen-bond donors (Lipinski definition) is 2.